The number of carbonyl (C=O) groups is 1. The number of benzene rings is 2. The van der Waals surface area contributed by atoms with E-state index in [1.54, 1.807) is 18.5 Å². The number of nitrogens with one attached hydrogen (secondary N) is 1. The number of imidazole rings is 2. The van der Waals surface area contributed by atoms with Crippen LogP contribution in [0.4, 0.5) is 0 Å². The third-order valence-corrected chi connectivity index (χ3v) is 6.70. The molecular formula is C30H26N6O2. The lowest BCUT2D eigenvalue weighted by Gasteiger charge is -2.18. The highest BCUT2D eigenvalue weighted by Crippen LogP contribution is 2.26. The van der Waals surface area contributed by atoms with Crippen LogP contribution in [-0.4, -0.2) is 30.0 Å². The Morgan fingerprint density at radius 2 is 1.79 bits per heavy atom. The van der Waals surface area contributed by atoms with Crippen molar-refractivity contribution in [2.24, 2.45) is 7.05 Å². The van der Waals surface area contributed by atoms with E-state index in [2.05, 4.69) is 39.6 Å². The molecule has 2 aromatic carbocycles. The topological polar surface area (TPSA) is 90.8 Å². The molecule has 0 radical (unpaired) electrons. The molecule has 8 heteroatoms. The summed E-state index contributed by atoms with van der Waals surface area (Å²) in [7, 11) is 1.96. The van der Waals surface area contributed by atoms with Crippen molar-refractivity contribution in [3.8, 4) is 16.9 Å². The maximum Gasteiger partial charge on any atom is 0.287 e. The van der Waals surface area contributed by atoms with Crippen molar-refractivity contribution >= 4 is 16.9 Å². The second kappa shape index (κ2) is 9.82. The lowest BCUT2D eigenvalue weighted by atomic mass is 10.1. The van der Waals surface area contributed by atoms with Crippen LogP contribution in [0.1, 0.15) is 33.9 Å². The summed E-state index contributed by atoms with van der Waals surface area (Å²) < 4.78 is 9.86. The first-order valence-electron chi connectivity index (χ1n) is 12.4. The average molecular weight is 503 g/mol. The van der Waals surface area contributed by atoms with Crippen molar-refractivity contribution in [2.75, 3.05) is 0 Å². The Labute approximate surface area is 219 Å². The Hall–Kier alpha value is -4.98. The van der Waals surface area contributed by atoms with Gasteiger partial charge in [0.15, 0.2) is 5.76 Å². The molecule has 188 valence electrons. The van der Waals surface area contributed by atoms with Gasteiger partial charge in [-0.15, -0.1) is 0 Å². The summed E-state index contributed by atoms with van der Waals surface area (Å²) in [6, 6.07) is 22.9. The van der Waals surface area contributed by atoms with Gasteiger partial charge in [-0.05, 0) is 48.9 Å². The van der Waals surface area contributed by atoms with Gasteiger partial charge in [0.1, 0.15) is 17.2 Å². The molecule has 0 bridgehead atoms. The maximum atomic E-state index is 13.3. The van der Waals surface area contributed by atoms with Crippen LogP contribution < -0.4 is 5.32 Å². The van der Waals surface area contributed by atoms with E-state index in [-0.39, 0.29) is 11.7 Å². The number of furan rings is 1. The predicted molar refractivity (Wildman–Crippen MR) is 145 cm³/mol. The predicted octanol–water partition coefficient (Wildman–Crippen LogP) is 5.44. The molecule has 0 aliphatic rings. The number of aryl methyl sites for hydroxylation is 1. The average Bonchev–Trinajstić information content (AvgIpc) is 3.67. The second-order valence-corrected chi connectivity index (χ2v) is 9.15. The van der Waals surface area contributed by atoms with Crippen molar-refractivity contribution in [3.05, 3.63) is 121 Å². The van der Waals surface area contributed by atoms with E-state index in [1.165, 1.54) is 0 Å². The summed E-state index contributed by atoms with van der Waals surface area (Å²) in [6.45, 7) is 1.97. The lowest BCUT2D eigenvalue weighted by molar-refractivity contribution is 0.0908. The van der Waals surface area contributed by atoms with Crippen molar-refractivity contribution in [2.45, 2.75) is 19.4 Å². The van der Waals surface area contributed by atoms with E-state index in [0.29, 0.717) is 12.0 Å². The van der Waals surface area contributed by atoms with Gasteiger partial charge in [-0.3, -0.25) is 9.78 Å². The Morgan fingerprint density at radius 3 is 2.53 bits per heavy atom. The fourth-order valence-corrected chi connectivity index (χ4v) is 4.72. The number of hydrogen-bond donors (Lipinski definition) is 1. The van der Waals surface area contributed by atoms with Crippen molar-refractivity contribution in [3.63, 3.8) is 0 Å². The number of nitrogens with zero attached hydrogens (tertiary/aromatic N) is 5. The van der Waals surface area contributed by atoms with Gasteiger partial charge in [0.2, 0.25) is 0 Å². The van der Waals surface area contributed by atoms with E-state index < -0.39 is 6.04 Å². The highest BCUT2D eigenvalue weighted by Gasteiger charge is 2.24. The second-order valence-electron chi connectivity index (χ2n) is 9.15. The summed E-state index contributed by atoms with van der Waals surface area (Å²) >= 11 is 0. The number of rotatable bonds is 7. The first-order valence-corrected chi connectivity index (χ1v) is 12.4. The summed E-state index contributed by atoms with van der Waals surface area (Å²) in [4.78, 5) is 26.8. The van der Waals surface area contributed by atoms with Crippen LogP contribution in [0.25, 0.3) is 27.9 Å². The van der Waals surface area contributed by atoms with Crippen LogP contribution in [-0.2, 0) is 13.5 Å². The van der Waals surface area contributed by atoms with Gasteiger partial charge in [0.05, 0.1) is 17.9 Å². The fraction of sp³-hybridized carbons (Fsp3) is 0.133. The normalized spacial score (nSPS) is 12.1. The summed E-state index contributed by atoms with van der Waals surface area (Å²) in [6.07, 6.45) is 7.81. The number of carbonyl (C=O) groups excluding carboxylic acids is 1. The zero-order chi connectivity index (χ0) is 26.1. The lowest BCUT2D eigenvalue weighted by Crippen LogP contribution is -2.31. The van der Waals surface area contributed by atoms with Gasteiger partial charge in [-0.2, -0.15) is 0 Å². The monoisotopic (exact) mass is 502 g/mol. The van der Waals surface area contributed by atoms with Gasteiger partial charge >= 0.3 is 0 Å². The summed E-state index contributed by atoms with van der Waals surface area (Å²) in [5.74, 6) is 1.62. The minimum Gasteiger partial charge on any atom is -0.451 e. The molecule has 0 aliphatic carbocycles. The zero-order valence-electron chi connectivity index (χ0n) is 21.1. The molecule has 6 aromatic rings. The Kier molecular flexibility index (Phi) is 6.05. The minimum atomic E-state index is -0.419. The minimum absolute atomic E-state index is 0.261. The molecule has 8 nitrogen and oxygen atoms in total. The van der Waals surface area contributed by atoms with Gasteiger partial charge in [0, 0.05) is 48.8 Å². The number of pyridine rings is 1. The van der Waals surface area contributed by atoms with Crippen molar-refractivity contribution < 1.29 is 9.21 Å². The number of hydrogen-bond acceptors (Lipinski definition) is 5. The Morgan fingerprint density at radius 1 is 0.974 bits per heavy atom. The molecule has 1 N–H and O–H groups in total. The Balaban J connectivity index is 1.31. The van der Waals surface area contributed by atoms with Crippen LogP contribution in [0.15, 0.2) is 102 Å². The van der Waals surface area contributed by atoms with E-state index in [0.717, 1.165) is 39.7 Å². The van der Waals surface area contributed by atoms with E-state index in [4.69, 9.17) is 9.40 Å². The molecule has 1 unspecified atom stereocenters. The van der Waals surface area contributed by atoms with Crippen LogP contribution in [0.5, 0.6) is 0 Å². The van der Waals surface area contributed by atoms with Crippen LogP contribution >= 0.6 is 0 Å². The first kappa shape index (κ1) is 23.4. The third kappa shape index (κ3) is 4.48. The smallest absolute Gasteiger partial charge is 0.287 e. The van der Waals surface area contributed by atoms with Gasteiger partial charge < -0.3 is 18.9 Å². The fourth-order valence-electron chi connectivity index (χ4n) is 4.72. The standard InChI is InChI=1S/C30H26N6O2/c1-20-31-15-16-36(20)24-12-10-21(11-13-24)26-19-33-29(35(26)2)25(18-23-8-5-6-14-32-23)34-30(37)28-17-22-7-3-4-9-27(22)38-28/h3-17,19,25H,18H2,1-2H3,(H,34,37). The van der Waals surface area contributed by atoms with Crippen molar-refractivity contribution in [1.29, 1.82) is 0 Å². The number of amides is 1. The molecule has 0 spiro atoms. The van der Waals surface area contributed by atoms with E-state index in [9.17, 15) is 4.79 Å². The molecule has 0 saturated heterocycles. The molecule has 38 heavy (non-hydrogen) atoms. The van der Waals surface area contributed by atoms with Gasteiger partial charge in [0.25, 0.3) is 5.91 Å². The van der Waals surface area contributed by atoms with Gasteiger partial charge in [-0.25, -0.2) is 9.97 Å². The molecule has 0 saturated carbocycles. The molecular weight excluding hydrogens is 476 g/mol. The third-order valence-electron chi connectivity index (χ3n) is 6.70. The number of fused-ring (bicyclic) bond motifs is 1. The number of aromatic nitrogens is 5. The number of para-hydroxylation sites is 1. The molecule has 4 aromatic heterocycles. The van der Waals surface area contributed by atoms with E-state index in [1.807, 2.05) is 78.0 Å². The van der Waals surface area contributed by atoms with Gasteiger partial charge in [-0.1, -0.05) is 36.4 Å². The summed E-state index contributed by atoms with van der Waals surface area (Å²) in [5, 5.41) is 4.01. The molecule has 1 amide bonds. The van der Waals surface area contributed by atoms with Crippen molar-refractivity contribution in [1.82, 2.24) is 29.4 Å². The molecule has 6 rings (SSSR count). The highest BCUT2D eigenvalue weighted by atomic mass is 16.3. The van der Waals surface area contributed by atoms with Crippen LogP contribution in [0, 0.1) is 6.92 Å². The quantitative estimate of drug-likeness (QED) is 0.314. The molecule has 4 heterocycles. The largest absolute Gasteiger partial charge is 0.451 e. The van der Waals surface area contributed by atoms with Crippen LogP contribution in [0.2, 0.25) is 0 Å². The SMILES string of the molecule is Cc1nccn1-c1ccc(-c2cnc(C(Cc3ccccn3)NC(=O)c3cc4ccccc4o3)n2C)cc1. The summed E-state index contributed by atoms with van der Waals surface area (Å²) in [5.41, 5.74) is 4.53. The maximum absolute atomic E-state index is 13.3. The zero-order valence-corrected chi connectivity index (χ0v) is 21.1. The first-order chi connectivity index (χ1) is 18.6. The van der Waals surface area contributed by atoms with E-state index >= 15 is 0 Å². The molecule has 1 atom stereocenters. The molecule has 0 aliphatic heterocycles. The Bertz CT molecular complexity index is 1680. The molecule has 0 fully saturated rings. The highest BCUT2D eigenvalue weighted by molar-refractivity contribution is 5.96. The van der Waals surface area contributed by atoms with Crippen LogP contribution in [0.3, 0.4) is 0 Å².